The molecule has 0 aromatic heterocycles. The first kappa shape index (κ1) is 17.1. The van der Waals surface area contributed by atoms with E-state index in [1.807, 2.05) is 0 Å². The zero-order valence-electron chi connectivity index (χ0n) is 12.6. The quantitative estimate of drug-likeness (QED) is 0.874. The second-order valence-electron chi connectivity index (χ2n) is 4.98. The fourth-order valence-electron chi connectivity index (χ4n) is 1.92. The van der Waals surface area contributed by atoms with Gasteiger partial charge in [0.1, 0.15) is 5.82 Å². The standard InChI is InChI=1S/C16H17FN2O3S/c1-19(23(21,22)15-5-3-2-4-6-15)12-16(20)18-11-13-7-9-14(17)10-8-13/h2-10H,11-12H2,1H3,(H,18,20). The molecular formula is C16H17FN2O3S. The summed E-state index contributed by atoms with van der Waals surface area (Å²) in [6.07, 6.45) is 0. The van der Waals surface area contributed by atoms with Crippen LogP contribution in [0.3, 0.4) is 0 Å². The van der Waals surface area contributed by atoms with E-state index in [1.165, 1.54) is 31.3 Å². The molecule has 0 unspecified atom stereocenters. The number of halogens is 1. The fourth-order valence-corrected chi connectivity index (χ4v) is 3.07. The van der Waals surface area contributed by atoms with Gasteiger partial charge in [-0.05, 0) is 29.8 Å². The summed E-state index contributed by atoms with van der Waals surface area (Å²) < 4.78 is 38.3. The highest BCUT2D eigenvalue weighted by molar-refractivity contribution is 7.89. The molecule has 0 saturated carbocycles. The van der Waals surface area contributed by atoms with Gasteiger partial charge < -0.3 is 5.32 Å². The smallest absolute Gasteiger partial charge is 0.243 e. The molecular weight excluding hydrogens is 319 g/mol. The molecule has 122 valence electrons. The van der Waals surface area contributed by atoms with E-state index in [9.17, 15) is 17.6 Å². The molecule has 0 spiro atoms. The van der Waals surface area contributed by atoms with E-state index < -0.39 is 15.9 Å². The number of carbonyl (C=O) groups is 1. The van der Waals surface area contributed by atoms with E-state index in [0.717, 1.165) is 9.87 Å². The van der Waals surface area contributed by atoms with Gasteiger partial charge in [0.15, 0.2) is 0 Å². The van der Waals surface area contributed by atoms with Crippen molar-refractivity contribution in [2.45, 2.75) is 11.4 Å². The highest BCUT2D eigenvalue weighted by Crippen LogP contribution is 2.12. The Morgan fingerprint density at radius 1 is 1.09 bits per heavy atom. The fraction of sp³-hybridized carbons (Fsp3) is 0.188. The summed E-state index contributed by atoms with van der Waals surface area (Å²) in [5.41, 5.74) is 0.730. The van der Waals surface area contributed by atoms with Crippen molar-refractivity contribution >= 4 is 15.9 Å². The van der Waals surface area contributed by atoms with Crippen LogP contribution in [0.2, 0.25) is 0 Å². The Morgan fingerprint density at radius 2 is 1.70 bits per heavy atom. The average molecular weight is 336 g/mol. The summed E-state index contributed by atoms with van der Waals surface area (Å²) in [4.78, 5) is 12.0. The molecule has 1 N–H and O–H groups in total. The van der Waals surface area contributed by atoms with Crippen LogP contribution in [0.15, 0.2) is 59.5 Å². The molecule has 0 saturated heterocycles. The lowest BCUT2D eigenvalue weighted by atomic mass is 10.2. The van der Waals surface area contributed by atoms with Crippen LogP contribution in [0, 0.1) is 5.82 Å². The third-order valence-corrected chi connectivity index (χ3v) is 5.04. The molecule has 0 radical (unpaired) electrons. The number of sulfonamides is 1. The van der Waals surface area contributed by atoms with E-state index in [1.54, 1.807) is 30.3 Å². The highest BCUT2D eigenvalue weighted by atomic mass is 32.2. The Morgan fingerprint density at radius 3 is 2.30 bits per heavy atom. The normalized spacial score (nSPS) is 11.4. The zero-order valence-corrected chi connectivity index (χ0v) is 13.4. The number of nitrogens with one attached hydrogen (secondary N) is 1. The van der Waals surface area contributed by atoms with Crippen molar-refractivity contribution in [3.8, 4) is 0 Å². The van der Waals surface area contributed by atoms with Crippen molar-refractivity contribution in [1.82, 2.24) is 9.62 Å². The lowest BCUT2D eigenvalue weighted by Crippen LogP contribution is -2.38. The minimum atomic E-state index is -3.70. The van der Waals surface area contributed by atoms with Gasteiger partial charge >= 0.3 is 0 Å². The van der Waals surface area contributed by atoms with E-state index in [4.69, 9.17) is 0 Å². The molecule has 2 rings (SSSR count). The molecule has 0 bridgehead atoms. The molecule has 2 aromatic carbocycles. The molecule has 2 aromatic rings. The number of amides is 1. The maximum atomic E-state index is 12.8. The number of nitrogens with zero attached hydrogens (tertiary/aromatic N) is 1. The van der Waals surface area contributed by atoms with Crippen molar-refractivity contribution in [1.29, 1.82) is 0 Å². The summed E-state index contributed by atoms with van der Waals surface area (Å²) >= 11 is 0. The van der Waals surface area contributed by atoms with Crippen LogP contribution in [0.25, 0.3) is 0 Å². The largest absolute Gasteiger partial charge is 0.351 e. The molecule has 23 heavy (non-hydrogen) atoms. The lowest BCUT2D eigenvalue weighted by Gasteiger charge is -2.16. The molecule has 0 aliphatic heterocycles. The van der Waals surface area contributed by atoms with Crippen molar-refractivity contribution in [3.05, 3.63) is 66.0 Å². The van der Waals surface area contributed by atoms with Gasteiger partial charge in [0.25, 0.3) is 0 Å². The van der Waals surface area contributed by atoms with Crippen molar-refractivity contribution < 1.29 is 17.6 Å². The lowest BCUT2D eigenvalue weighted by molar-refractivity contribution is -0.121. The van der Waals surface area contributed by atoms with Gasteiger partial charge in [-0.2, -0.15) is 4.31 Å². The predicted molar refractivity (Wildman–Crippen MR) is 84.5 cm³/mol. The van der Waals surface area contributed by atoms with Gasteiger partial charge in [-0.3, -0.25) is 4.79 Å². The average Bonchev–Trinajstić information content (AvgIpc) is 2.55. The Hall–Kier alpha value is -2.25. The molecule has 1 amide bonds. The second kappa shape index (κ2) is 7.34. The van der Waals surface area contributed by atoms with Crippen LogP contribution in [0.5, 0.6) is 0 Å². The summed E-state index contributed by atoms with van der Waals surface area (Å²) in [6.45, 7) is -0.0865. The first-order valence-corrected chi connectivity index (χ1v) is 8.36. The molecule has 0 aliphatic carbocycles. The first-order chi connectivity index (χ1) is 10.9. The number of likely N-dealkylation sites (N-methyl/N-ethyl adjacent to an activating group) is 1. The maximum Gasteiger partial charge on any atom is 0.243 e. The summed E-state index contributed by atoms with van der Waals surface area (Å²) in [5, 5.41) is 2.61. The number of carbonyl (C=O) groups excluding carboxylic acids is 1. The number of hydrogen-bond donors (Lipinski definition) is 1. The molecule has 7 heteroatoms. The van der Waals surface area contributed by atoms with E-state index in [2.05, 4.69) is 5.32 Å². The van der Waals surface area contributed by atoms with Crippen molar-refractivity contribution in [2.24, 2.45) is 0 Å². The second-order valence-corrected chi connectivity index (χ2v) is 7.02. The number of benzene rings is 2. The SMILES string of the molecule is CN(CC(=O)NCc1ccc(F)cc1)S(=O)(=O)c1ccccc1. The van der Waals surface area contributed by atoms with E-state index >= 15 is 0 Å². The van der Waals surface area contributed by atoms with Crippen LogP contribution in [-0.4, -0.2) is 32.2 Å². The van der Waals surface area contributed by atoms with Gasteiger partial charge in [0, 0.05) is 13.6 Å². The third kappa shape index (κ3) is 4.61. The summed E-state index contributed by atoms with van der Waals surface area (Å²) in [7, 11) is -2.35. The van der Waals surface area contributed by atoms with Gasteiger partial charge in [-0.1, -0.05) is 30.3 Å². The summed E-state index contributed by atoms with van der Waals surface area (Å²) in [6, 6.07) is 13.6. The van der Waals surface area contributed by atoms with Gasteiger partial charge in [-0.15, -0.1) is 0 Å². The zero-order chi connectivity index (χ0) is 16.9. The number of rotatable bonds is 6. The Balaban J connectivity index is 1.93. The van der Waals surface area contributed by atoms with Crippen LogP contribution < -0.4 is 5.32 Å². The molecule has 5 nitrogen and oxygen atoms in total. The van der Waals surface area contributed by atoms with Gasteiger partial charge in [0.05, 0.1) is 11.4 Å². The molecule has 0 fully saturated rings. The Labute approximate surface area is 134 Å². The van der Waals surface area contributed by atoms with Crippen LogP contribution in [-0.2, 0) is 21.4 Å². The van der Waals surface area contributed by atoms with Crippen molar-refractivity contribution in [3.63, 3.8) is 0 Å². The predicted octanol–water partition coefficient (Wildman–Crippen LogP) is 1.76. The maximum absolute atomic E-state index is 12.8. The number of hydrogen-bond acceptors (Lipinski definition) is 3. The highest BCUT2D eigenvalue weighted by Gasteiger charge is 2.22. The van der Waals surface area contributed by atoms with E-state index in [-0.39, 0.29) is 23.8 Å². The topological polar surface area (TPSA) is 66.5 Å². The minimum Gasteiger partial charge on any atom is -0.351 e. The monoisotopic (exact) mass is 336 g/mol. The van der Waals surface area contributed by atoms with E-state index in [0.29, 0.717) is 0 Å². The molecule has 0 atom stereocenters. The van der Waals surface area contributed by atoms with Crippen LogP contribution >= 0.6 is 0 Å². The summed E-state index contributed by atoms with van der Waals surface area (Å²) in [5.74, 6) is -0.787. The molecule has 0 heterocycles. The third-order valence-electron chi connectivity index (χ3n) is 3.22. The minimum absolute atomic E-state index is 0.133. The van der Waals surface area contributed by atoms with Crippen LogP contribution in [0.4, 0.5) is 4.39 Å². The first-order valence-electron chi connectivity index (χ1n) is 6.92. The Bertz CT molecular complexity index is 762. The Kier molecular flexibility index (Phi) is 5.46. The van der Waals surface area contributed by atoms with Crippen LogP contribution in [0.1, 0.15) is 5.56 Å². The van der Waals surface area contributed by atoms with Gasteiger partial charge in [-0.25, -0.2) is 12.8 Å². The molecule has 0 aliphatic rings. The van der Waals surface area contributed by atoms with Crippen molar-refractivity contribution in [2.75, 3.05) is 13.6 Å². The van der Waals surface area contributed by atoms with Gasteiger partial charge in [0.2, 0.25) is 15.9 Å².